The van der Waals surface area contributed by atoms with Crippen LogP contribution >= 0.6 is 15.6 Å². The molecule has 0 saturated carbocycles. The summed E-state index contributed by atoms with van der Waals surface area (Å²) in [4.78, 5) is 26.5. The fourth-order valence-corrected chi connectivity index (χ4v) is 10.4. The maximum absolute atomic E-state index is 13.3. The van der Waals surface area contributed by atoms with E-state index in [-0.39, 0.29) is 81.0 Å². The van der Waals surface area contributed by atoms with Crippen molar-refractivity contribution in [1.82, 2.24) is 0 Å². The average Bonchev–Trinajstić information content (AvgIpc) is 3.08. The molecule has 0 bridgehead atoms. The van der Waals surface area contributed by atoms with Gasteiger partial charge >= 0.3 is 53.4 Å². The van der Waals surface area contributed by atoms with E-state index in [1.54, 1.807) is 0 Å². The van der Waals surface area contributed by atoms with Gasteiger partial charge in [-0.2, -0.15) is 0 Å². The molecule has 0 unspecified atom stereocenters. The summed E-state index contributed by atoms with van der Waals surface area (Å²) < 4.78 is 49.5. The van der Waals surface area contributed by atoms with E-state index >= 15 is 0 Å². The number of fused-ring (bicyclic) bond motifs is 4. The van der Waals surface area contributed by atoms with Crippen molar-refractivity contribution in [1.29, 1.82) is 0 Å². The molecule has 6 rings (SSSR count). The van der Waals surface area contributed by atoms with Crippen molar-refractivity contribution >= 4 is 15.6 Å². The minimum atomic E-state index is -4.68. The van der Waals surface area contributed by atoms with E-state index in [4.69, 9.17) is 18.1 Å². The molecular formula is C58H84Li2O8P2. The maximum atomic E-state index is 13.3. The number of hydrogen-bond donors (Lipinski definition) is 0. The van der Waals surface area contributed by atoms with Gasteiger partial charge in [0.25, 0.3) is 0 Å². The minimum Gasteiger partial charge on any atom is -0.736 e. The molecule has 0 spiro atoms. The molecule has 0 aliphatic carbocycles. The van der Waals surface area contributed by atoms with Crippen molar-refractivity contribution < 1.29 is 74.7 Å². The molecule has 4 aromatic carbocycles. The molecule has 376 valence electrons. The summed E-state index contributed by atoms with van der Waals surface area (Å²) in [6.45, 7) is 51.1. The van der Waals surface area contributed by atoms with Crippen LogP contribution in [0.3, 0.4) is 0 Å². The molecule has 4 aromatic rings. The summed E-state index contributed by atoms with van der Waals surface area (Å²) in [6.07, 6.45) is 1.06. The Morgan fingerprint density at radius 2 is 0.471 bits per heavy atom. The Morgan fingerprint density at radius 1 is 0.314 bits per heavy atom. The van der Waals surface area contributed by atoms with E-state index in [0.29, 0.717) is 35.8 Å². The summed E-state index contributed by atoms with van der Waals surface area (Å²) in [7, 11) is -9.35. The Kier molecular flexibility index (Phi) is 17.8. The average molecular weight is 985 g/mol. The molecule has 70 heavy (non-hydrogen) atoms. The fraction of sp³-hybridized carbons (Fsp3) is 0.586. The third-order valence-electron chi connectivity index (χ3n) is 12.9. The summed E-state index contributed by atoms with van der Waals surface area (Å²) >= 11 is 0. The van der Waals surface area contributed by atoms with Crippen LogP contribution in [0.4, 0.5) is 0 Å². The number of rotatable bonds is 0. The van der Waals surface area contributed by atoms with Crippen LogP contribution in [-0.2, 0) is 65.3 Å². The Hall–Kier alpha value is -2.35. The molecule has 2 aliphatic rings. The molecule has 0 atom stereocenters. The van der Waals surface area contributed by atoms with E-state index in [2.05, 4.69) is 215 Å². The van der Waals surface area contributed by atoms with Crippen molar-refractivity contribution in [3.8, 4) is 23.0 Å². The first-order chi connectivity index (χ1) is 30.2. The van der Waals surface area contributed by atoms with Gasteiger partial charge in [0.15, 0.2) is 0 Å². The Morgan fingerprint density at radius 3 is 0.600 bits per heavy atom. The van der Waals surface area contributed by atoms with Gasteiger partial charge in [-0.25, -0.2) is 9.13 Å². The summed E-state index contributed by atoms with van der Waals surface area (Å²) in [6, 6.07) is 16.8. The standard InChI is InChI=1S/2C29H43O4P.2Li/c2*1-26(2,3)20-14-18-13-19-15-21(27(4,5)6)17-23(29(10,11)12)25(19)33-34(30,31)32-24(18)22(16-20)28(7,8)9;;/h2*14-17H,13H2,1-12H3,(H,30,31);;/q;;2*+1/p-2. The molecule has 0 N–H and O–H groups in total. The number of benzene rings is 4. The number of phosphoric acid groups is 2. The van der Waals surface area contributed by atoms with Crippen LogP contribution < -0.4 is 65.6 Å². The summed E-state index contributed by atoms with van der Waals surface area (Å²) in [5, 5.41) is 0. The predicted octanol–water partition coefficient (Wildman–Crippen LogP) is 9.42. The second-order valence-corrected chi connectivity index (χ2v) is 30.2. The van der Waals surface area contributed by atoms with Gasteiger partial charge in [-0.3, -0.25) is 0 Å². The molecule has 0 radical (unpaired) electrons. The van der Waals surface area contributed by atoms with Gasteiger partial charge < -0.3 is 27.9 Å². The van der Waals surface area contributed by atoms with Gasteiger partial charge in [0.1, 0.15) is 23.0 Å². The molecule has 0 amide bonds. The quantitative estimate of drug-likeness (QED) is 0.127. The first-order valence-electron chi connectivity index (χ1n) is 24.3. The topological polar surface area (TPSA) is 117 Å². The minimum absolute atomic E-state index is 0. The van der Waals surface area contributed by atoms with Crippen LogP contribution in [0.25, 0.3) is 0 Å². The van der Waals surface area contributed by atoms with Crippen molar-refractivity contribution in [3.63, 3.8) is 0 Å². The molecule has 0 aromatic heterocycles. The maximum Gasteiger partial charge on any atom is 1.00 e. The van der Waals surface area contributed by atoms with Gasteiger partial charge in [0, 0.05) is 35.1 Å². The monoisotopic (exact) mass is 985 g/mol. The molecule has 12 heteroatoms. The molecule has 2 heterocycles. The largest absolute Gasteiger partial charge is 1.00 e. The first kappa shape index (κ1) is 62.0. The first-order valence-corrected chi connectivity index (χ1v) is 27.2. The second-order valence-electron chi connectivity index (χ2n) is 27.7. The normalized spacial score (nSPS) is 16.0. The zero-order valence-corrected chi connectivity index (χ0v) is 50.0. The van der Waals surface area contributed by atoms with Crippen molar-refractivity contribution in [2.45, 2.75) is 222 Å². The molecule has 2 aliphatic heterocycles. The Labute approximate surface area is 448 Å². The zero-order valence-electron chi connectivity index (χ0n) is 48.2. The van der Waals surface area contributed by atoms with E-state index in [1.807, 2.05) is 0 Å². The van der Waals surface area contributed by atoms with Crippen molar-refractivity contribution in [3.05, 3.63) is 115 Å². The molecule has 0 fully saturated rings. The van der Waals surface area contributed by atoms with Gasteiger partial charge in [-0.05, 0) is 87.8 Å². The van der Waals surface area contributed by atoms with Crippen LogP contribution in [0.2, 0.25) is 0 Å². The summed E-state index contributed by atoms with van der Waals surface area (Å²) in [5.74, 6) is 1.62. The zero-order chi connectivity index (χ0) is 52.1. The Bertz CT molecular complexity index is 2320. The Balaban J connectivity index is 0.000000360. The third kappa shape index (κ3) is 14.5. The third-order valence-corrected chi connectivity index (χ3v) is 14.6. The van der Waals surface area contributed by atoms with Gasteiger partial charge in [-0.15, -0.1) is 0 Å². The van der Waals surface area contributed by atoms with Gasteiger partial charge in [0.2, 0.25) is 0 Å². The predicted molar refractivity (Wildman–Crippen MR) is 279 cm³/mol. The van der Waals surface area contributed by atoms with Crippen molar-refractivity contribution in [2.75, 3.05) is 0 Å². The second kappa shape index (κ2) is 20.1. The fourth-order valence-electron chi connectivity index (χ4n) is 8.57. The van der Waals surface area contributed by atoms with Crippen LogP contribution in [0.5, 0.6) is 23.0 Å². The summed E-state index contributed by atoms with van der Waals surface area (Å²) in [5.41, 5.74) is 10.0. The van der Waals surface area contributed by atoms with Gasteiger partial charge in [0.05, 0.1) is 0 Å². The molecular weight excluding hydrogens is 900 g/mol. The SMILES string of the molecule is CC(C)(C)c1cc2c(c(C(C)(C)C)c1)OP(=O)([O-])Oc1c(cc(C(C)(C)C)cc1C(C)(C)C)C2.CC(C)(C)c1cc2c(c(C(C)(C)C)c1)OP(=O)([O-])Oc1c(cc(C(C)(C)C)cc1C(C)(C)C)C2.[Li+].[Li+]. The molecule has 8 nitrogen and oxygen atoms in total. The van der Waals surface area contributed by atoms with E-state index in [1.165, 1.54) is 0 Å². The number of phosphoric ester groups is 2. The van der Waals surface area contributed by atoms with Crippen molar-refractivity contribution in [2.24, 2.45) is 0 Å². The number of hydrogen-bond acceptors (Lipinski definition) is 8. The van der Waals surface area contributed by atoms with Crippen LogP contribution in [0.1, 0.15) is 233 Å². The van der Waals surface area contributed by atoms with E-state index < -0.39 is 15.6 Å². The van der Waals surface area contributed by atoms with Crippen LogP contribution in [0, 0.1) is 0 Å². The smallest absolute Gasteiger partial charge is 0.736 e. The van der Waals surface area contributed by atoms with Crippen LogP contribution in [0.15, 0.2) is 48.5 Å². The van der Waals surface area contributed by atoms with E-state index in [0.717, 1.165) is 66.8 Å². The van der Waals surface area contributed by atoms with Crippen LogP contribution in [-0.4, -0.2) is 0 Å². The van der Waals surface area contributed by atoms with E-state index in [9.17, 15) is 18.9 Å². The van der Waals surface area contributed by atoms with Gasteiger partial charge in [-0.1, -0.05) is 215 Å². The molecule has 0 saturated heterocycles.